The molecule has 8 nitrogen and oxygen atoms in total. The Labute approximate surface area is 237 Å². The van der Waals surface area contributed by atoms with Crippen LogP contribution in [0.3, 0.4) is 0 Å². The van der Waals surface area contributed by atoms with E-state index in [0.717, 1.165) is 24.0 Å². The van der Waals surface area contributed by atoms with Crippen molar-refractivity contribution in [2.75, 3.05) is 11.4 Å². The quantitative estimate of drug-likeness (QED) is 0.159. The van der Waals surface area contributed by atoms with Crippen molar-refractivity contribution in [3.05, 3.63) is 87.7 Å². The van der Waals surface area contributed by atoms with Crippen molar-refractivity contribution in [1.29, 1.82) is 0 Å². The lowest BCUT2D eigenvalue weighted by Gasteiger charge is -2.21. The predicted molar refractivity (Wildman–Crippen MR) is 154 cm³/mol. The molecule has 1 aliphatic rings. The standard InChI is InChI=1S/C28H27BClFN2O6S/c1-32-28(34)26-23-14-22(16-2-3-16)19(12-25(23)39-27(26)18-4-7-20(31)8-5-18)15-33(40(37)38)21-9-6-17(24(30)13-21)10-11-29(35)36/h4-9,12-14,16,35-36,40H,2-3,10-11,15H2,1H3,(H,32,34). The van der Waals surface area contributed by atoms with Crippen LogP contribution in [0.15, 0.2) is 59.0 Å². The first-order valence-corrected chi connectivity index (χ1v) is 14.3. The molecule has 1 amide bonds. The van der Waals surface area contributed by atoms with Gasteiger partial charge in [0.1, 0.15) is 17.2 Å². The van der Waals surface area contributed by atoms with Crippen LogP contribution in [0.1, 0.15) is 45.8 Å². The molecule has 12 heteroatoms. The third-order valence-electron chi connectivity index (χ3n) is 7.05. The van der Waals surface area contributed by atoms with Gasteiger partial charge in [0.2, 0.25) is 10.9 Å². The van der Waals surface area contributed by atoms with Crippen LogP contribution in [-0.4, -0.2) is 38.5 Å². The first-order valence-electron chi connectivity index (χ1n) is 12.8. The fraction of sp³-hybridized carbons (Fsp3) is 0.250. The van der Waals surface area contributed by atoms with E-state index in [4.69, 9.17) is 26.1 Å². The molecule has 0 spiro atoms. The Balaban J connectivity index is 1.57. The third kappa shape index (κ3) is 5.88. The highest BCUT2D eigenvalue weighted by Crippen LogP contribution is 2.45. The van der Waals surface area contributed by atoms with Crippen molar-refractivity contribution in [2.45, 2.75) is 38.0 Å². The van der Waals surface area contributed by atoms with Gasteiger partial charge < -0.3 is 19.8 Å². The van der Waals surface area contributed by atoms with Gasteiger partial charge in [-0.15, -0.1) is 0 Å². The topological polar surface area (TPSA) is 120 Å². The maximum atomic E-state index is 13.6. The fourth-order valence-corrected chi connectivity index (χ4v) is 5.71. The van der Waals surface area contributed by atoms with E-state index in [-0.39, 0.29) is 24.7 Å². The number of carbonyl (C=O) groups is 1. The maximum Gasteiger partial charge on any atom is 0.451 e. The van der Waals surface area contributed by atoms with Crippen molar-refractivity contribution in [2.24, 2.45) is 0 Å². The lowest BCUT2D eigenvalue weighted by Crippen LogP contribution is -2.21. The molecule has 0 radical (unpaired) electrons. The number of amides is 1. The van der Waals surface area contributed by atoms with Gasteiger partial charge in [-0.05, 0) is 96.7 Å². The Morgan fingerprint density at radius 3 is 2.45 bits per heavy atom. The van der Waals surface area contributed by atoms with Gasteiger partial charge in [0, 0.05) is 23.0 Å². The Hall–Kier alpha value is -3.38. The number of nitrogens with zero attached hydrogens (tertiary/aromatic N) is 1. The van der Waals surface area contributed by atoms with Gasteiger partial charge >= 0.3 is 7.12 Å². The molecule has 1 aromatic heterocycles. The number of anilines is 1. The molecular formula is C28H27BClFN2O6S. The van der Waals surface area contributed by atoms with Crippen LogP contribution < -0.4 is 9.62 Å². The van der Waals surface area contributed by atoms with E-state index in [1.54, 1.807) is 36.4 Å². The Kier molecular flexibility index (Phi) is 8.18. The van der Waals surface area contributed by atoms with Gasteiger partial charge in [0.25, 0.3) is 5.91 Å². The molecule has 0 bridgehead atoms. The van der Waals surface area contributed by atoms with E-state index in [2.05, 4.69) is 5.32 Å². The Morgan fingerprint density at radius 2 is 1.85 bits per heavy atom. The molecule has 208 valence electrons. The SMILES string of the molecule is CNC(=O)c1c(-c2ccc(F)cc2)oc2cc(CN(c3ccc(CCB(O)O)c(Cl)c3)[SH](=O)=O)c(C3CC3)cc12. The normalized spacial score (nSPS) is 13.2. The average Bonchev–Trinajstić information content (AvgIpc) is 3.70. The predicted octanol–water partition coefficient (Wildman–Crippen LogP) is 4.68. The number of hydrogen-bond donors (Lipinski definition) is 4. The minimum absolute atomic E-state index is 0.0212. The minimum Gasteiger partial charge on any atom is -0.455 e. The van der Waals surface area contributed by atoms with Crippen LogP contribution in [0.4, 0.5) is 10.1 Å². The Bertz CT molecular complexity index is 1650. The van der Waals surface area contributed by atoms with Gasteiger partial charge in [-0.25, -0.2) is 12.8 Å². The second-order valence-electron chi connectivity index (χ2n) is 9.80. The van der Waals surface area contributed by atoms with Crippen LogP contribution in [0.25, 0.3) is 22.3 Å². The summed E-state index contributed by atoms with van der Waals surface area (Å²) in [6, 6.07) is 14.2. The summed E-state index contributed by atoms with van der Waals surface area (Å²) in [5, 5.41) is 21.9. The molecule has 1 aliphatic carbocycles. The highest BCUT2D eigenvalue weighted by atomic mass is 35.5. The van der Waals surface area contributed by atoms with Crippen LogP contribution >= 0.6 is 11.6 Å². The lowest BCUT2D eigenvalue weighted by molar-refractivity contribution is 0.0964. The monoisotopic (exact) mass is 584 g/mol. The molecule has 40 heavy (non-hydrogen) atoms. The second-order valence-corrected chi connectivity index (χ2v) is 11.2. The first-order chi connectivity index (χ1) is 19.2. The van der Waals surface area contributed by atoms with Crippen LogP contribution in [0.2, 0.25) is 11.3 Å². The first kappa shape index (κ1) is 28.2. The van der Waals surface area contributed by atoms with Gasteiger partial charge in [0.15, 0.2) is 0 Å². The summed E-state index contributed by atoms with van der Waals surface area (Å²) in [5.74, 6) is -0.232. The summed E-state index contributed by atoms with van der Waals surface area (Å²) in [5.41, 5.74) is 4.00. The van der Waals surface area contributed by atoms with Gasteiger partial charge in [0.05, 0.1) is 17.8 Å². The zero-order valence-corrected chi connectivity index (χ0v) is 23.2. The van der Waals surface area contributed by atoms with Gasteiger partial charge in [-0.2, -0.15) is 0 Å². The van der Waals surface area contributed by atoms with Crippen molar-refractivity contribution in [3.8, 4) is 11.3 Å². The van der Waals surface area contributed by atoms with Crippen molar-refractivity contribution in [1.82, 2.24) is 5.32 Å². The molecule has 3 N–H and O–H groups in total. The summed E-state index contributed by atoms with van der Waals surface area (Å²) < 4.78 is 45.8. The number of thiol groups is 1. The molecule has 0 atom stereocenters. The summed E-state index contributed by atoms with van der Waals surface area (Å²) in [6.45, 7) is 0.0212. The third-order valence-corrected chi connectivity index (χ3v) is 8.17. The van der Waals surface area contributed by atoms with Crippen molar-refractivity contribution >= 4 is 52.2 Å². The molecule has 0 unspecified atom stereocenters. The molecule has 3 aromatic carbocycles. The van der Waals surface area contributed by atoms with Crippen molar-refractivity contribution < 1.29 is 32.1 Å². The van der Waals surface area contributed by atoms with Crippen LogP contribution in [0, 0.1) is 5.82 Å². The number of hydrogen-bond acceptors (Lipinski definition) is 6. The number of nitrogens with one attached hydrogen (secondary N) is 1. The highest BCUT2D eigenvalue weighted by molar-refractivity contribution is 7.74. The highest BCUT2D eigenvalue weighted by Gasteiger charge is 2.30. The molecule has 5 rings (SSSR count). The largest absolute Gasteiger partial charge is 0.455 e. The lowest BCUT2D eigenvalue weighted by atomic mass is 9.83. The number of fused-ring (bicyclic) bond motifs is 1. The zero-order chi connectivity index (χ0) is 28.6. The van der Waals surface area contributed by atoms with E-state index in [1.165, 1.54) is 23.5 Å². The van der Waals surface area contributed by atoms with Crippen LogP contribution in [-0.2, 0) is 23.9 Å². The number of aryl methyl sites for hydroxylation is 1. The van der Waals surface area contributed by atoms with E-state index in [9.17, 15) is 17.6 Å². The molecule has 1 saturated carbocycles. The molecule has 1 heterocycles. The van der Waals surface area contributed by atoms with Gasteiger partial charge in [-0.3, -0.25) is 9.10 Å². The summed E-state index contributed by atoms with van der Waals surface area (Å²) >= 11 is 6.40. The molecule has 0 saturated heterocycles. The van der Waals surface area contributed by atoms with E-state index < -0.39 is 23.8 Å². The number of rotatable bonds is 10. The molecule has 0 aliphatic heterocycles. The van der Waals surface area contributed by atoms with Crippen LogP contribution in [0.5, 0.6) is 0 Å². The molecular weight excluding hydrogens is 558 g/mol. The van der Waals surface area contributed by atoms with Crippen molar-refractivity contribution in [3.63, 3.8) is 0 Å². The second kappa shape index (κ2) is 11.6. The fourth-order valence-electron chi connectivity index (χ4n) is 4.86. The molecule has 4 aromatic rings. The minimum atomic E-state index is -3.05. The zero-order valence-electron chi connectivity index (χ0n) is 21.6. The smallest absolute Gasteiger partial charge is 0.451 e. The number of carbonyl (C=O) groups excluding carboxylic acids is 1. The summed E-state index contributed by atoms with van der Waals surface area (Å²) in [6.07, 6.45) is 2.31. The summed E-state index contributed by atoms with van der Waals surface area (Å²) in [7, 11) is -2.99. The maximum absolute atomic E-state index is 13.6. The number of benzene rings is 3. The average molecular weight is 585 g/mol. The van der Waals surface area contributed by atoms with E-state index >= 15 is 0 Å². The molecule has 1 fully saturated rings. The summed E-state index contributed by atoms with van der Waals surface area (Å²) in [4.78, 5) is 13.0. The van der Waals surface area contributed by atoms with Gasteiger partial charge in [-0.1, -0.05) is 17.7 Å². The number of halogens is 2. The van der Waals surface area contributed by atoms with E-state index in [1.807, 2.05) is 6.07 Å². The van der Waals surface area contributed by atoms with E-state index in [0.29, 0.717) is 50.6 Å². The Morgan fingerprint density at radius 1 is 1.12 bits per heavy atom. The number of furan rings is 1.